The first kappa shape index (κ1) is 10.1. The molecule has 82 valence electrons. The molecule has 17 heavy (non-hydrogen) atoms. The lowest BCUT2D eigenvalue weighted by molar-refractivity contribution is 1.18. The predicted molar refractivity (Wildman–Crippen MR) is 70.2 cm³/mol. The summed E-state index contributed by atoms with van der Waals surface area (Å²) in [6.45, 7) is 0. The smallest absolute Gasteiger partial charge is 0.122 e. The van der Waals surface area contributed by atoms with Crippen LogP contribution >= 0.6 is 12.2 Å². The van der Waals surface area contributed by atoms with Gasteiger partial charge in [-0.05, 0) is 12.1 Å². The van der Waals surface area contributed by atoms with E-state index in [0.29, 0.717) is 4.64 Å². The summed E-state index contributed by atoms with van der Waals surface area (Å²) in [7, 11) is 0. The minimum atomic E-state index is 0.628. The van der Waals surface area contributed by atoms with Crippen molar-refractivity contribution < 1.29 is 0 Å². The number of hydrogen-bond acceptors (Lipinski definition) is 3. The quantitative estimate of drug-likeness (QED) is 0.662. The largest absolute Gasteiger partial charge is 0.344 e. The van der Waals surface area contributed by atoms with Crippen molar-refractivity contribution >= 4 is 23.1 Å². The van der Waals surface area contributed by atoms with Crippen LogP contribution in [0.4, 0.5) is 0 Å². The Kier molecular flexibility index (Phi) is 2.42. The second-order valence-corrected chi connectivity index (χ2v) is 4.16. The van der Waals surface area contributed by atoms with E-state index < -0.39 is 0 Å². The molecule has 3 aromatic rings. The Balaban J connectivity index is 2.21. The third-order valence-corrected chi connectivity index (χ3v) is 2.78. The topological polar surface area (TPSA) is 41.6 Å². The minimum absolute atomic E-state index is 0.628. The standard InChI is InChI=1S/C13H9N3S/c17-13-8-14-7-12(16-13)10-4-3-9-2-1-5-15-11(9)6-10/h1-8H,(H,16,17). The van der Waals surface area contributed by atoms with Gasteiger partial charge in [-0.3, -0.25) is 9.97 Å². The molecular weight excluding hydrogens is 230 g/mol. The van der Waals surface area contributed by atoms with E-state index in [2.05, 4.69) is 15.0 Å². The fourth-order valence-corrected chi connectivity index (χ4v) is 1.93. The van der Waals surface area contributed by atoms with Crippen molar-refractivity contribution in [3.8, 4) is 11.3 Å². The Bertz CT molecular complexity index is 734. The van der Waals surface area contributed by atoms with Crippen molar-refractivity contribution in [3.63, 3.8) is 0 Å². The third-order valence-electron chi connectivity index (χ3n) is 2.57. The van der Waals surface area contributed by atoms with Crippen LogP contribution in [-0.4, -0.2) is 15.0 Å². The lowest BCUT2D eigenvalue weighted by atomic mass is 10.1. The summed E-state index contributed by atoms with van der Waals surface area (Å²) >= 11 is 5.06. The number of fused-ring (bicyclic) bond motifs is 1. The van der Waals surface area contributed by atoms with Gasteiger partial charge in [0.25, 0.3) is 0 Å². The molecule has 1 aromatic carbocycles. The minimum Gasteiger partial charge on any atom is -0.344 e. The van der Waals surface area contributed by atoms with Gasteiger partial charge in [0.1, 0.15) is 4.64 Å². The zero-order chi connectivity index (χ0) is 11.7. The third kappa shape index (κ3) is 1.94. The highest BCUT2D eigenvalue weighted by atomic mass is 32.1. The van der Waals surface area contributed by atoms with Gasteiger partial charge in [-0.1, -0.05) is 30.4 Å². The predicted octanol–water partition coefficient (Wildman–Crippen LogP) is 3.35. The zero-order valence-electron chi connectivity index (χ0n) is 8.92. The zero-order valence-corrected chi connectivity index (χ0v) is 9.74. The van der Waals surface area contributed by atoms with E-state index in [9.17, 15) is 0 Å². The number of aromatic nitrogens is 3. The second kappa shape index (κ2) is 4.07. The normalized spacial score (nSPS) is 10.6. The van der Waals surface area contributed by atoms with E-state index in [1.165, 1.54) is 0 Å². The van der Waals surface area contributed by atoms with Gasteiger partial charge in [0.05, 0.1) is 23.6 Å². The second-order valence-electron chi connectivity index (χ2n) is 3.72. The highest BCUT2D eigenvalue weighted by molar-refractivity contribution is 7.71. The fraction of sp³-hybridized carbons (Fsp3) is 0. The van der Waals surface area contributed by atoms with Gasteiger partial charge in [-0.25, -0.2) is 0 Å². The first-order valence-corrected chi connectivity index (χ1v) is 5.63. The van der Waals surface area contributed by atoms with Gasteiger partial charge in [0.2, 0.25) is 0 Å². The van der Waals surface area contributed by atoms with Crippen LogP contribution in [0.15, 0.2) is 48.9 Å². The lowest BCUT2D eigenvalue weighted by Gasteiger charge is -2.02. The molecule has 0 aliphatic rings. The molecule has 0 amide bonds. The maximum atomic E-state index is 5.06. The van der Waals surface area contributed by atoms with Crippen molar-refractivity contribution in [1.29, 1.82) is 0 Å². The van der Waals surface area contributed by atoms with E-state index in [-0.39, 0.29) is 0 Å². The molecule has 0 spiro atoms. The van der Waals surface area contributed by atoms with Gasteiger partial charge in [0, 0.05) is 17.1 Å². The Labute approximate surface area is 103 Å². The van der Waals surface area contributed by atoms with Crippen LogP contribution in [0.25, 0.3) is 22.2 Å². The number of pyridine rings is 1. The Morgan fingerprint density at radius 2 is 2.06 bits per heavy atom. The number of H-pyrrole nitrogens is 1. The molecule has 0 aliphatic carbocycles. The molecule has 3 nitrogen and oxygen atoms in total. The average Bonchev–Trinajstić information content (AvgIpc) is 2.38. The maximum absolute atomic E-state index is 5.06. The van der Waals surface area contributed by atoms with Crippen molar-refractivity contribution in [2.45, 2.75) is 0 Å². The van der Waals surface area contributed by atoms with E-state index in [1.807, 2.05) is 30.3 Å². The molecule has 0 unspecified atom stereocenters. The highest BCUT2D eigenvalue weighted by Crippen LogP contribution is 2.20. The Morgan fingerprint density at radius 3 is 2.94 bits per heavy atom. The summed E-state index contributed by atoms with van der Waals surface area (Å²) in [5.41, 5.74) is 2.91. The number of nitrogens with zero attached hydrogens (tertiary/aromatic N) is 2. The average molecular weight is 239 g/mol. The lowest BCUT2D eigenvalue weighted by Crippen LogP contribution is -1.86. The first-order valence-electron chi connectivity index (χ1n) is 5.22. The Hall–Kier alpha value is -2.07. The number of nitrogens with one attached hydrogen (secondary N) is 1. The summed E-state index contributed by atoms with van der Waals surface area (Å²) in [4.78, 5) is 11.5. The van der Waals surface area contributed by atoms with Gasteiger partial charge < -0.3 is 4.98 Å². The summed E-state index contributed by atoms with van der Waals surface area (Å²) in [5.74, 6) is 0. The van der Waals surface area contributed by atoms with Gasteiger partial charge >= 0.3 is 0 Å². The van der Waals surface area contributed by atoms with Gasteiger partial charge in [-0.15, -0.1) is 0 Å². The molecule has 3 rings (SSSR count). The van der Waals surface area contributed by atoms with Crippen LogP contribution in [0.5, 0.6) is 0 Å². The fourth-order valence-electron chi connectivity index (χ4n) is 1.76. The maximum Gasteiger partial charge on any atom is 0.122 e. The number of rotatable bonds is 1. The van der Waals surface area contributed by atoms with Crippen molar-refractivity contribution in [3.05, 3.63) is 53.6 Å². The van der Waals surface area contributed by atoms with Crippen molar-refractivity contribution in [1.82, 2.24) is 15.0 Å². The van der Waals surface area contributed by atoms with Gasteiger partial charge in [-0.2, -0.15) is 0 Å². The first-order chi connectivity index (χ1) is 8.33. The molecule has 0 atom stereocenters. The van der Waals surface area contributed by atoms with Crippen molar-refractivity contribution in [2.24, 2.45) is 0 Å². The molecule has 0 aliphatic heterocycles. The van der Waals surface area contributed by atoms with Crippen LogP contribution in [0, 0.1) is 4.64 Å². The molecule has 0 saturated heterocycles. The molecule has 2 heterocycles. The molecule has 0 radical (unpaired) electrons. The van der Waals surface area contributed by atoms with E-state index in [1.54, 1.807) is 18.6 Å². The molecule has 0 fully saturated rings. The van der Waals surface area contributed by atoms with Crippen LogP contribution in [0.1, 0.15) is 0 Å². The molecular formula is C13H9N3S. The van der Waals surface area contributed by atoms with E-state index in [4.69, 9.17) is 12.2 Å². The molecule has 0 bridgehead atoms. The summed E-state index contributed by atoms with van der Waals surface area (Å²) in [6.07, 6.45) is 5.18. The highest BCUT2D eigenvalue weighted by Gasteiger charge is 2.00. The van der Waals surface area contributed by atoms with Crippen LogP contribution in [0.3, 0.4) is 0 Å². The van der Waals surface area contributed by atoms with Crippen LogP contribution in [-0.2, 0) is 0 Å². The monoisotopic (exact) mass is 239 g/mol. The summed E-state index contributed by atoms with van der Waals surface area (Å²) < 4.78 is 0.628. The van der Waals surface area contributed by atoms with E-state index >= 15 is 0 Å². The van der Waals surface area contributed by atoms with Crippen LogP contribution < -0.4 is 0 Å². The number of benzene rings is 1. The van der Waals surface area contributed by atoms with Crippen molar-refractivity contribution in [2.75, 3.05) is 0 Å². The summed E-state index contributed by atoms with van der Waals surface area (Å²) in [6, 6.07) is 10.1. The summed E-state index contributed by atoms with van der Waals surface area (Å²) in [5, 5.41) is 1.12. The molecule has 1 N–H and O–H groups in total. The SMILES string of the molecule is S=c1cncc(-c2ccc3cccnc3c2)[nH]1. The molecule has 0 saturated carbocycles. The number of hydrogen-bond donors (Lipinski definition) is 1. The van der Waals surface area contributed by atoms with Crippen LogP contribution in [0.2, 0.25) is 0 Å². The molecule has 4 heteroatoms. The van der Waals surface area contributed by atoms with Gasteiger partial charge in [0.15, 0.2) is 0 Å². The molecule has 2 aromatic heterocycles. The number of aromatic amines is 1. The van der Waals surface area contributed by atoms with E-state index in [0.717, 1.165) is 22.2 Å². The Morgan fingerprint density at radius 1 is 1.12 bits per heavy atom.